The maximum absolute atomic E-state index is 12.8. The van der Waals surface area contributed by atoms with E-state index >= 15 is 0 Å². The minimum atomic E-state index is -3.55. The predicted octanol–water partition coefficient (Wildman–Crippen LogP) is 3.01. The van der Waals surface area contributed by atoms with Gasteiger partial charge in [0.05, 0.1) is 23.6 Å². The first-order valence-electron chi connectivity index (χ1n) is 5.81. The Morgan fingerprint density at radius 1 is 1.32 bits per heavy atom. The van der Waals surface area contributed by atoms with Crippen molar-refractivity contribution in [2.75, 3.05) is 19.8 Å². The highest BCUT2D eigenvalue weighted by molar-refractivity contribution is 9.11. The van der Waals surface area contributed by atoms with Gasteiger partial charge >= 0.3 is 0 Å². The molecule has 19 heavy (non-hydrogen) atoms. The second kappa shape index (κ2) is 5.44. The quantitative estimate of drug-likeness (QED) is 0.749. The standard InChI is InChI=1S/C12H15Br2NO3S/c1-12(2)8-18-6-5-15(12)19(16,17)11-7-9(13)3-4-10(11)14/h3-4,7H,5-6,8H2,1-2H3. The van der Waals surface area contributed by atoms with Crippen molar-refractivity contribution in [2.24, 2.45) is 0 Å². The number of halogens is 2. The molecule has 0 bridgehead atoms. The summed E-state index contributed by atoms with van der Waals surface area (Å²) in [7, 11) is -3.55. The highest BCUT2D eigenvalue weighted by atomic mass is 79.9. The molecule has 1 aliphatic heterocycles. The Morgan fingerprint density at radius 3 is 2.63 bits per heavy atom. The molecule has 1 saturated heterocycles. The first-order valence-corrected chi connectivity index (χ1v) is 8.83. The zero-order chi connectivity index (χ0) is 14.3. The fourth-order valence-electron chi connectivity index (χ4n) is 2.08. The Hall–Kier alpha value is 0.0500. The third-order valence-corrected chi connectivity index (χ3v) is 6.63. The third-order valence-electron chi connectivity index (χ3n) is 3.03. The van der Waals surface area contributed by atoms with E-state index in [1.165, 1.54) is 4.31 Å². The monoisotopic (exact) mass is 411 g/mol. The van der Waals surface area contributed by atoms with E-state index in [1.807, 2.05) is 13.8 Å². The van der Waals surface area contributed by atoms with Gasteiger partial charge in [0.25, 0.3) is 0 Å². The van der Waals surface area contributed by atoms with Gasteiger partial charge in [-0.25, -0.2) is 8.42 Å². The number of hydrogen-bond acceptors (Lipinski definition) is 3. The molecule has 2 rings (SSSR count). The highest BCUT2D eigenvalue weighted by Crippen LogP contribution is 2.32. The zero-order valence-electron chi connectivity index (χ0n) is 10.7. The molecular weight excluding hydrogens is 398 g/mol. The van der Waals surface area contributed by atoms with Gasteiger partial charge in [0.2, 0.25) is 10.0 Å². The third kappa shape index (κ3) is 3.05. The maximum atomic E-state index is 12.8. The van der Waals surface area contributed by atoms with Crippen LogP contribution in [-0.4, -0.2) is 38.0 Å². The average molecular weight is 413 g/mol. The van der Waals surface area contributed by atoms with Crippen molar-refractivity contribution in [1.29, 1.82) is 0 Å². The smallest absolute Gasteiger partial charge is 0.244 e. The number of rotatable bonds is 2. The van der Waals surface area contributed by atoms with E-state index in [9.17, 15) is 8.42 Å². The molecule has 1 aromatic carbocycles. The number of ether oxygens (including phenoxy) is 1. The molecule has 0 spiro atoms. The number of morpholine rings is 1. The lowest BCUT2D eigenvalue weighted by molar-refractivity contribution is -0.00772. The Kier molecular flexibility index (Phi) is 4.42. The summed E-state index contributed by atoms with van der Waals surface area (Å²) in [5.74, 6) is 0. The average Bonchev–Trinajstić information content (AvgIpc) is 2.31. The molecular formula is C12H15Br2NO3S. The Morgan fingerprint density at radius 2 is 2.00 bits per heavy atom. The largest absolute Gasteiger partial charge is 0.378 e. The van der Waals surface area contributed by atoms with Crippen LogP contribution in [0.1, 0.15) is 13.8 Å². The van der Waals surface area contributed by atoms with Gasteiger partial charge in [0.1, 0.15) is 0 Å². The summed E-state index contributed by atoms with van der Waals surface area (Å²) in [6.07, 6.45) is 0. The lowest BCUT2D eigenvalue weighted by Gasteiger charge is -2.40. The van der Waals surface area contributed by atoms with Crippen LogP contribution in [0.4, 0.5) is 0 Å². The Labute approximate surface area is 130 Å². The van der Waals surface area contributed by atoms with Crippen LogP contribution in [0.5, 0.6) is 0 Å². The summed E-state index contributed by atoms with van der Waals surface area (Å²) in [6.45, 7) is 4.94. The molecule has 1 aromatic rings. The molecule has 0 aromatic heterocycles. The van der Waals surface area contributed by atoms with Crippen LogP contribution in [0, 0.1) is 0 Å². The number of nitrogens with zero attached hydrogens (tertiary/aromatic N) is 1. The molecule has 0 aliphatic carbocycles. The molecule has 0 N–H and O–H groups in total. The summed E-state index contributed by atoms with van der Waals surface area (Å²) in [6, 6.07) is 5.14. The number of sulfonamides is 1. The van der Waals surface area contributed by atoms with Crippen molar-refractivity contribution in [3.05, 3.63) is 27.1 Å². The van der Waals surface area contributed by atoms with Gasteiger partial charge in [-0.3, -0.25) is 0 Å². The lowest BCUT2D eigenvalue weighted by Crippen LogP contribution is -2.55. The van der Waals surface area contributed by atoms with E-state index in [2.05, 4.69) is 31.9 Å². The summed E-state index contributed by atoms with van der Waals surface area (Å²) in [5.41, 5.74) is -0.543. The Balaban J connectivity index is 2.50. The van der Waals surface area contributed by atoms with E-state index < -0.39 is 15.6 Å². The van der Waals surface area contributed by atoms with Crippen LogP contribution < -0.4 is 0 Å². The summed E-state index contributed by atoms with van der Waals surface area (Å²) < 4.78 is 33.8. The summed E-state index contributed by atoms with van der Waals surface area (Å²) in [4.78, 5) is 0.275. The second-order valence-corrected chi connectivity index (χ2v) is 8.62. The fraction of sp³-hybridized carbons (Fsp3) is 0.500. The van der Waals surface area contributed by atoms with Crippen molar-refractivity contribution < 1.29 is 13.2 Å². The lowest BCUT2D eigenvalue weighted by atomic mass is 10.1. The maximum Gasteiger partial charge on any atom is 0.244 e. The molecule has 1 heterocycles. The fourth-order valence-corrected chi connectivity index (χ4v) is 5.30. The Bertz CT molecular complexity index is 587. The molecule has 0 saturated carbocycles. The van der Waals surface area contributed by atoms with Gasteiger partial charge in [-0.2, -0.15) is 4.31 Å². The first kappa shape index (κ1) is 15.4. The van der Waals surface area contributed by atoms with Crippen LogP contribution in [-0.2, 0) is 14.8 Å². The molecule has 0 unspecified atom stereocenters. The number of benzene rings is 1. The van der Waals surface area contributed by atoms with Crippen LogP contribution in [0.3, 0.4) is 0 Å². The normalized spacial score (nSPS) is 20.4. The van der Waals surface area contributed by atoms with Crippen LogP contribution in [0.25, 0.3) is 0 Å². The first-order chi connectivity index (χ1) is 8.75. The molecule has 0 amide bonds. The van der Waals surface area contributed by atoms with E-state index in [-0.39, 0.29) is 4.90 Å². The van der Waals surface area contributed by atoms with Crippen LogP contribution in [0.2, 0.25) is 0 Å². The van der Waals surface area contributed by atoms with Gasteiger partial charge in [-0.15, -0.1) is 0 Å². The van der Waals surface area contributed by atoms with Gasteiger partial charge in [0, 0.05) is 15.5 Å². The van der Waals surface area contributed by atoms with Crippen LogP contribution >= 0.6 is 31.9 Å². The minimum absolute atomic E-state index is 0.275. The minimum Gasteiger partial charge on any atom is -0.378 e. The molecule has 1 aliphatic rings. The van der Waals surface area contributed by atoms with Gasteiger partial charge in [-0.05, 0) is 48.0 Å². The number of hydrogen-bond donors (Lipinski definition) is 0. The topological polar surface area (TPSA) is 46.6 Å². The van der Waals surface area contributed by atoms with Gasteiger partial charge in [0.15, 0.2) is 0 Å². The molecule has 0 atom stereocenters. The summed E-state index contributed by atoms with van der Waals surface area (Å²) in [5, 5.41) is 0. The van der Waals surface area contributed by atoms with Crippen LogP contribution in [0.15, 0.2) is 32.0 Å². The molecule has 7 heteroatoms. The van der Waals surface area contributed by atoms with E-state index in [0.717, 1.165) is 4.47 Å². The molecule has 1 fully saturated rings. The van der Waals surface area contributed by atoms with E-state index in [1.54, 1.807) is 18.2 Å². The van der Waals surface area contributed by atoms with Crippen molar-refractivity contribution in [3.63, 3.8) is 0 Å². The molecule has 4 nitrogen and oxygen atoms in total. The van der Waals surface area contributed by atoms with Crippen molar-refractivity contribution in [2.45, 2.75) is 24.3 Å². The zero-order valence-corrected chi connectivity index (χ0v) is 14.7. The predicted molar refractivity (Wildman–Crippen MR) is 80.6 cm³/mol. The van der Waals surface area contributed by atoms with E-state index in [0.29, 0.717) is 24.2 Å². The summed E-state index contributed by atoms with van der Waals surface area (Å²) >= 11 is 6.63. The van der Waals surface area contributed by atoms with E-state index in [4.69, 9.17) is 4.74 Å². The SMILES string of the molecule is CC1(C)COCCN1S(=O)(=O)c1cc(Br)ccc1Br. The van der Waals surface area contributed by atoms with Crippen molar-refractivity contribution in [1.82, 2.24) is 4.31 Å². The molecule has 106 valence electrons. The highest BCUT2D eigenvalue weighted by Gasteiger charge is 2.40. The van der Waals surface area contributed by atoms with Crippen molar-refractivity contribution >= 4 is 41.9 Å². The van der Waals surface area contributed by atoms with Gasteiger partial charge in [-0.1, -0.05) is 15.9 Å². The second-order valence-electron chi connectivity index (χ2n) is 5.02. The molecule has 0 radical (unpaired) electrons. The van der Waals surface area contributed by atoms with Gasteiger partial charge < -0.3 is 4.74 Å². The van der Waals surface area contributed by atoms with Crippen molar-refractivity contribution in [3.8, 4) is 0 Å².